The van der Waals surface area contributed by atoms with Crippen LogP contribution in [0.3, 0.4) is 0 Å². The molecule has 35 heavy (non-hydrogen) atoms. The van der Waals surface area contributed by atoms with Gasteiger partial charge >= 0.3 is 5.97 Å². The molecule has 2 aromatic carbocycles. The van der Waals surface area contributed by atoms with Crippen LogP contribution in [-0.2, 0) is 15.3 Å². The molecule has 0 saturated heterocycles. The number of nitro benzene ring substituents is 1. The van der Waals surface area contributed by atoms with E-state index in [-0.39, 0.29) is 23.7 Å². The van der Waals surface area contributed by atoms with E-state index in [1.54, 1.807) is 37.3 Å². The number of fused-ring (bicyclic) bond motifs is 1. The zero-order chi connectivity index (χ0) is 25.2. The van der Waals surface area contributed by atoms with Gasteiger partial charge in [-0.25, -0.2) is 4.98 Å². The number of aliphatic hydroxyl groups is 1. The first-order chi connectivity index (χ1) is 16.8. The van der Waals surface area contributed by atoms with Crippen molar-refractivity contribution in [3.05, 3.63) is 91.8 Å². The highest BCUT2D eigenvalue weighted by Gasteiger charge is 2.54. The molecular weight excluding hydrogens is 472 g/mol. The third-order valence-electron chi connectivity index (χ3n) is 5.84. The minimum absolute atomic E-state index is 0.0563. The summed E-state index contributed by atoms with van der Waals surface area (Å²) in [5, 5.41) is 26.6. The molecule has 1 aliphatic rings. The van der Waals surface area contributed by atoms with E-state index in [0.717, 1.165) is 0 Å². The second-order valence-corrected chi connectivity index (χ2v) is 9.13. The summed E-state index contributed by atoms with van der Waals surface area (Å²) in [5.74, 6) is -2.26. The van der Waals surface area contributed by atoms with Crippen molar-refractivity contribution in [2.75, 3.05) is 17.7 Å². The lowest BCUT2D eigenvalue weighted by Crippen LogP contribution is -2.54. The van der Waals surface area contributed by atoms with Crippen LogP contribution in [0.25, 0.3) is 0 Å². The van der Waals surface area contributed by atoms with Crippen LogP contribution in [-0.4, -0.2) is 38.3 Å². The van der Waals surface area contributed by atoms with Crippen molar-refractivity contribution in [1.29, 1.82) is 0 Å². The Kier molecular flexibility index (Phi) is 6.90. The van der Waals surface area contributed by atoms with Crippen LogP contribution < -0.4 is 10.9 Å². The van der Waals surface area contributed by atoms with Gasteiger partial charge in [0.2, 0.25) is 0 Å². The normalized spacial score (nSPS) is 21.0. The average Bonchev–Trinajstić information content (AvgIpc) is 2.84. The van der Waals surface area contributed by atoms with Gasteiger partial charge < -0.3 is 20.1 Å². The van der Waals surface area contributed by atoms with Crippen molar-refractivity contribution in [3.63, 3.8) is 0 Å². The fourth-order valence-electron chi connectivity index (χ4n) is 4.36. The molecule has 0 aliphatic carbocycles. The fraction of sp³-hybridized carbons (Fsp3) is 0.292. The number of nitrogens with one attached hydrogen (secondary N) is 2. The molecule has 3 atom stereocenters. The number of non-ortho nitro benzene ring substituents is 1. The number of H-pyrrole nitrogens is 1. The molecule has 1 aromatic heterocycles. The third kappa shape index (κ3) is 4.52. The third-order valence-corrected chi connectivity index (χ3v) is 6.59. The molecule has 1 aliphatic heterocycles. The number of nitro groups is 1. The number of anilines is 1. The van der Waals surface area contributed by atoms with Gasteiger partial charge in [0.05, 0.1) is 17.1 Å². The molecule has 3 N–H and O–H groups in total. The van der Waals surface area contributed by atoms with Crippen molar-refractivity contribution < 1.29 is 19.6 Å². The number of aromatic amines is 1. The fourth-order valence-corrected chi connectivity index (χ4v) is 4.96. The molecule has 0 bridgehead atoms. The molecule has 4 rings (SSSR count). The van der Waals surface area contributed by atoms with E-state index in [1.165, 1.54) is 36.0 Å². The van der Waals surface area contributed by atoms with Gasteiger partial charge in [-0.15, -0.1) is 0 Å². The Labute approximate surface area is 204 Å². The Morgan fingerprint density at radius 3 is 2.49 bits per heavy atom. The minimum Gasteiger partial charge on any atom is -0.466 e. The quantitative estimate of drug-likeness (QED) is 0.147. The Morgan fingerprint density at radius 1 is 1.20 bits per heavy atom. The summed E-state index contributed by atoms with van der Waals surface area (Å²) in [4.78, 5) is 44.6. The van der Waals surface area contributed by atoms with E-state index >= 15 is 0 Å². The molecular formula is C24H24N4O6S. The maximum Gasteiger partial charge on any atom is 0.315 e. The number of esters is 1. The summed E-state index contributed by atoms with van der Waals surface area (Å²) >= 11 is 1.32. The Balaban J connectivity index is 2.01. The van der Waals surface area contributed by atoms with Gasteiger partial charge in [-0.3, -0.25) is 19.7 Å². The highest BCUT2D eigenvalue weighted by molar-refractivity contribution is 7.99. The van der Waals surface area contributed by atoms with Crippen LogP contribution in [0.4, 0.5) is 11.5 Å². The monoisotopic (exact) mass is 496 g/mol. The number of carbonyl (C=O) groups excluding carboxylic acids is 1. The number of aromatic nitrogens is 2. The molecule has 2 heterocycles. The Bertz CT molecular complexity index is 1300. The molecule has 0 unspecified atom stereocenters. The van der Waals surface area contributed by atoms with E-state index in [2.05, 4.69) is 15.3 Å². The van der Waals surface area contributed by atoms with Crippen molar-refractivity contribution in [2.24, 2.45) is 5.92 Å². The smallest absolute Gasteiger partial charge is 0.315 e. The number of hydrogen-bond donors (Lipinski definition) is 3. The lowest BCUT2D eigenvalue weighted by molar-refractivity contribution is -0.384. The summed E-state index contributed by atoms with van der Waals surface area (Å²) in [7, 11) is 0. The van der Waals surface area contributed by atoms with Gasteiger partial charge in [0.1, 0.15) is 11.7 Å². The van der Waals surface area contributed by atoms with Crippen LogP contribution in [0.2, 0.25) is 0 Å². The van der Waals surface area contributed by atoms with Gasteiger partial charge in [0, 0.05) is 23.6 Å². The highest BCUT2D eigenvalue weighted by Crippen LogP contribution is 2.49. The van der Waals surface area contributed by atoms with Crippen molar-refractivity contribution in [1.82, 2.24) is 9.97 Å². The minimum atomic E-state index is -1.98. The van der Waals surface area contributed by atoms with Gasteiger partial charge in [0.15, 0.2) is 10.9 Å². The van der Waals surface area contributed by atoms with Crippen LogP contribution in [0.5, 0.6) is 0 Å². The molecule has 0 radical (unpaired) electrons. The summed E-state index contributed by atoms with van der Waals surface area (Å²) in [6.45, 7) is 3.61. The van der Waals surface area contributed by atoms with Crippen LogP contribution in [0, 0.1) is 16.0 Å². The molecule has 3 aromatic rings. The average molecular weight is 497 g/mol. The van der Waals surface area contributed by atoms with E-state index in [1.807, 2.05) is 6.92 Å². The molecule has 0 spiro atoms. The predicted molar refractivity (Wildman–Crippen MR) is 130 cm³/mol. The summed E-state index contributed by atoms with van der Waals surface area (Å²) in [6, 6.07) is 14.1. The SMILES string of the molecule is CCOC(=O)[C@@H]1[C@@H](c2ccc([N+](=O)[O-])cc2)c2c(nc(SCC)[nH]c2=O)N[C@@]1(O)c1ccccc1. The number of benzene rings is 2. The zero-order valence-electron chi connectivity index (χ0n) is 19.1. The zero-order valence-corrected chi connectivity index (χ0v) is 19.9. The molecule has 11 heteroatoms. The second kappa shape index (κ2) is 9.88. The first-order valence-corrected chi connectivity index (χ1v) is 12.0. The number of hydrogen-bond acceptors (Lipinski definition) is 9. The molecule has 182 valence electrons. The Hall–Kier alpha value is -3.70. The maximum absolute atomic E-state index is 13.4. The number of carbonyl (C=O) groups is 1. The van der Waals surface area contributed by atoms with Gasteiger partial charge in [-0.05, 0) is 18.2 Å². The van der Waals surface area contributed by atoms with Gasteiger partial charge in [-0.1, -0.05) is 61.2 Å². The number of ether oxygens (including phenoxy) is 1. The topological polar surface area (TPSA) is 147 Å². The first-order valence-electron chi connectivity index (χ1n) is 11.0. The van der Waals surface area contributed by atoms with E-state index < -0.39 is 34.0 Å². The molecule has 0 saturated carbocycles. The lowest BCUT2D eigenvalue weighted by atomic mass is 9.71. The predicted octanol–water partition coefficient (Wildman–Crippen LogP) is 3.37. The van der Waals surface area contributed by atoms with E-state index in [9.17, 15) is 24.8 Å². The first kappa shape index (κ1) is 24.4. The molecule has 0 fully saturated rings. The number of thioether (sulfide) groups is 1. The van der Waals surface area contributed by atoms with Crippen LogP contribution >= 0.6 is 11.8 Å². The summed E-state index contributed by atoms with van der Waals surface area (Å²) in [5.41, 5.74) is -1.67. The lowest BCUT2D eigenvalue weighted by Gasteiger charge is -2.44. The van der Waals surface area contributed by atoms with Crippen LogP contribution in [0.1, 0.15) is 36.5 Å². The Morgan fingerprint density at radius 2 is 1.89 bits per heavy atom. The largest absolute Gasteiger partial charge is 0.466 e. The second-order valence-electron chi connectivity index (χ2n) is 7.88. The van der Waals surface area contributed by atoms with E-state index in [4.69, 9.17) is 4.74 Å². The van der Waals surface area contributed by atoms with Crippen molar-refractivity contribution in [2.45, 2.75) is 30.6 Å². The summed E-state index contributed by atoms with van der Waals surface area (Å²) < 4.78 is 5.35. The van der Waals surface area contributed by atoms with Crippen molar-refractivity contribution in [3.8, 4) is 0 Å². The van der Waals surface area contributed by atoms with Crippen molar-refractivity contribution >= 4 is 29.2 Å². The highest BCUT2D eigenvalue weighted by atomic mass is 32.2. The standard InChI is InChI=1S/C24H24N4O6S/c1-3-34-22(30)19-17(14-10-12-16(13-11-14)28(32)33)18-20(25-23(35-4-2)26-21(18)29)27-24(19,31)15-8-6-5-7-9-15/h5-13,17,19,31H,3-4H2,1-2H3,(H2,25,26,27,29)/t17-,19-,24+/m0/s1. The maximum atomic E-state index is 13.4. The van der Waals surface area contributed by atoms with Crippen LogP contribution in [0.15, 0.2) is 64.5 Å². The molecule has 0 amide bonds. The van der Waals surface area contributed by atoms with E-state index in [0.29, 0.717) is 22.0 Å². The molecule has 10 nitrogen and oxygen atoms in total. The van der Waals surface area contributed by atoms with Gasteiger partial charge in [-0.2, -0.15) is 0 Å². The number of nitrogens with zero attached hydrogens (tertiary/aromatic N) is 2. The number of rotatable bonds is 7. The summed E-state index contributed by atoms with van der Waals surface area (Å²) in [6.07, 6.45) is 0. The van der Waals surface area contributed by atoms with Gasteiger partial charge in [0.25, 0.3) is 11.2 Å².